The van der Waals surface area contributed by atoms with Gasteiger partial charge in [-0.1, -0.05) is 6.07 Å². The molecule has 2 aromatic heterocycles. The largest absolute Gasteiger partial charge is 0.497 e. The highest BCUT2D eigenvalue weighted by atomic mass is 16.5. The van der Waals surface area contributed by atoms with Crippen LogP contribution in [-0.4, -0.2) is 61.3 Å². The number of hydrogen-bond acceptors (Lipinski definition) is 7. The molecule has 1 aliphatic rings. The minimum absolute atomic E-state index is 0.352. The minimum atomic E-state index is 0.352. The van der Waals surface area contributed by atoms with E-state index in [2.05, 4.69) is 22.0 Å². The normalized spacial score (nSPS) is 16.6. The molecule has 0 amide bonds. The van der Waals surface area contributed by atoms with Crippen LogP contribution in [0.3, 0.4) is 0 Å². The predicted octanol–water partition coefficient (Wildman–Crippen LogP) is 4.00. The number of pyridine rings is 1. The van der Waals surface area contributed by atoms with Crippen LogP contribution in [0.15, 0.2) is 48.8 Å². The highest BCUT2D eigenvalue weighted by Gasteiger charge is 2.25. The van der Waals surface area contributed by atoms with Crippen LogP contribution in [0.1, 0.15) is 30.0 Å². The van der Waals surface area contributed by atoms with Gasteiger partial charge in [-0.2, -0.15) is 0 Å². The lowest BCUT2D eigenvalue weighted by Crippen LogP contribution is -2.34. The van der Waals surface area contributed by atoms with E-state index in [0.29, 0.717) is 5.92 Å². The quantitative estimate of drug-likeness (QED) is 0.558. The van der Waals surface area contributed by atoms with E-state index < -0.39 is 0 Å². The maximum atomic E-state index is 5.61. The van der Waals surface area contributed by atoms with Crippen LogP contribution in [0.25, 0.3) is 11.4 Å². The van der Waals surface area contributed by atoms with E-state index in [9.17, 15) is 0 Å². The van der Waals surface area contributed by atoms with E-state index >= 15 is 0 Å². The van der Waals surface area contributed by atoms with E-state index in [1.807, 2.05) is 49.5 Å². The molecule has 1 aromatic carbocycles. The lowest BCUT2D eigenvalue weighted by molar-refractivity contribution is 0.196. The number of likely N-dealkylation sites (tertiary alicyclic amines) is 1. The molecule has 0 spiro atoms. The summed E-state index contributed by atoms with van der Waals surface area (Å²) in [5.74, 6) is 3.67. The molecule has 7 heteroatoms. The summed E-state index contributed by atoms with van der Waals surface area (Å²) in [6.45, 7) is 2.85. The topological polar surface area (TPSA) is 63.6 Å². The Morgan fingerprint density at radius 1 is 1.09 bits per heavy atom. The molecular formula is C25H31N5O2. The second-order valence-electron chi connectivity index (χ2n) is 8.36. The Kier molecular flexibility index (Phi) is 6.85. The number of benzene rings is 1. The fourth-order valence-corrected chi connectivity index (χ4v) is 4.18. The van der Waals surface area contributed by atoms with Gasteiger partial charge in [0.05, 0.1) is 19.9 Å². The third-order valence-corrected chi connectivity index (χ3v) is 5.92. The standard InChI is InChI=1S/C25H31N5O2/c1-29(2)24-14-22(27-25(28-24)18-7-5-11-26-15-18)19-8-6-12-30(16-19)17-20-9-10-21(31-3)13-23(20)32-4/h5,7,9-11,13-15,19H,6,8,12,16-17H2,1-4H3. The molecule has 3 heterocycles. The SMILES string of the molecule is COc1ccc(CN2CCCC(c3cc(N(C)C)nc(-c4cccnc4)n3)C2)c(OC)c1. The lowest BCUT2D eigenvalue weighted by Gasteiger charge is -2.33. The number of hydrogen-bond donors (Lipinski definition) is 0. The van der Waals surface area contributed by atoms with Crippen LogP contribution in [0.5, 0.6) is 11.5 Å². The van der Waals surface area contributed by atoms with Crippen molar-refractivity contribution >= 4 is 5.82 Å². The second-order valence-corrected chi connectivity index (χ2v) is 8.36. The molecule has 7 nitrogen and oxygen atoms in total. The van der Waals surface area contributed by atoms with Gasteiger partial charge in [0.25, 0.3) is 0 Å². The summed E-state index contributed by atoms with van der Waals surface area (Å²) in [6.07, 6.45) is 5.84. The van der Waals surface area contributed by atoms with Crippen molar-refractivity contribution in [3.05, 3.63) is 60.0 Å². The van der Waals surface area contributed by atoms with Crippen molar-refractivity contribution in [2.24, 2.45) is 0 Å². The van der Waals surface area contributed by atoms with Gasteiger partial charge in [-0.3, -0.25) is 9.88 Å². The highest BCUT2D eigenvalue weighted by Crippen LogP contribution is 2.32. The van der Waals surface area contributed by atoms with Crippen molar-refractivity contribution in [3.63, 3.8) is 0 Å². The maximum absolute atomic E-state index is 5.61. The molecule has 0 aliphatic carbocycles. The van der Waals surface area contributed by atoms with Crippen molar-refractivity contribution < 1.29 is 9.47 Å². The van der Waals surface area contributed by atoms with Crippen molar-refractivity contribution in [3.8, 4) is 22.9 Å². The van der Waals surface area contributed by atoms with Crippen LogP contribution in [0.4, 0.5) is 5.82 Å². The first-order chi connectivity index (χ1) is 15.6. The number of nitrogens with zero attached hydrogens (tertiary/aromatic N) is 5. The van der Waals surface area contributed by atoms with Crippen molar-refractivity contribution in [2.45, 2.75) is 25.3 Å². The molecule has 0 saturated carbocycles. The first-order valence-electron chi connectivity index (χ1n) is 11.0. The molecule has 32 heavy (non-hydrogen) atoms. The van der Waals surface area contributed by atoms with Crippen molar-refractivity contribution in [2.75, 3.05) is 46.3 Å². The summed E-state index contributed by atoms with van der Waals surface area (Å²) in [6, 6.07) is 12.1. The van der Waals surface area contributed by atoms with Gasteiger partial charge in [-0.25, -0.2) is 9.97 Å². The second kappa shape index (κ2) is 9.96. The van der Waals surface area contributed by atoms with Crippen LogP contribution in [0, 0.1) is 0 Å². The summed E-state index contributed by atoms with van der Waals surface area (Å²) in [5.41, 5.74) is 3.20. The number of anilines is 1. The van der Waals surface area contributed by atoms with E-state index in [-0.39, 0.29) is 0 Å². The van der Waals surface area contributed by atoms with Gasteiger partial charge in [0.1, 0.15) is 17.3 Å². The number of methoxy groups -OCH3 is 2. The Hall–Kier alpha value is -3.19. The lowest BCUT2D eigenvalue weighted by atomic mass is 9.93. The Bertz CT molecular complexity index is 1040. The molecule has 1 saturated heterocycles. The van der Waals surface area contributed by atoms with E-state index in [0.717, 1.165) is 66.9 Å². The molecule has 0 radical (unpaired) electrons. The Morgan fingerprint density at radius 2 is 1.97 bits per heavy atom. The number of aromatic nitrogens is 3. The van der Waals surface area contributed by atoms with E-state index in [1.165, 1.54) is 5.56 Å². The third kappa shape index (κ3) is 4.99. The van der Waals surface area contributed by atoms with Gasteiger partial charge < -0.3 is 14.4 Å². The Labute approximate surface area is 190 Å². The number of rotatable bonds is 7. The molecule has 3 aromatic rings. The van der Waals surface area contributed by atoms with Gasteiger partial charge in [-0.05, 0) is 37.6 Å². The number of ether oxygens (including phenoxy) is 2. The molecule has 0 N–H and O–H groups in total. The number of piperidine rings is 1. The summed E-state index contributed by atoms with van der Waals surface area (Å²) in [7, 11) is 7.42. The summed E-state index contributed by atoms with van der Waals surface area (Å²) >= 11 is 0. The molecule has 168 valence electrons. The monoisotopic (exact) mass is 433 g/mol. The molecule has 1 fully saturated rings. The summed E-state index contributed by atoms with van der Waals surface area (Å²) in [5, 5.41) is 0. The van der Waals surface area contributed by atoms with Gasteiger partial charge in [0.2, 0.25) is 0 Å². The smallest absolute Gasteiger partial charge is 0.163 e. The highest BCUT2D eigenvalue weighted by molar-refractivity contribution is 5.57. The third-order valence-electron chi connectivity index (χ3n) is 5.92. The average molecular weight is 434 g/mol. The molecule has 0 bridgehead atoms. The first-order valence-corrected chi connectivity index (χ1v) is 11.0. The molecule has 1 atom stereocenters. The van der Waals surface area contributed by atoms with Crippen LogP contribution >= 0.6 is 0 Å². The molecule has 4 rings (SSSR count). The van der Waals surface area contributed by atoms with Crippen LogP contribution < -0.4 is 14.4 Å². The Balaban J connectivity index is 1.57. The van der Waals surface area contributed by atoms with Gasteiger partial charge >= 0.3 is 0 Å². The van der Waals surface area contributed by atoms with Crippen molar-refractivity contribution in [1.82, 2.24) is 19.9 Å². The zero-order chi connectivity index (χ0) is 22.5. The molecular weight excluding hydrogens is 402 g/mol. The van der Waals surface area contributed by atoms with Gasteiger partial charge in [0, 0.05) is 68.8 Å². The maximum Gasteiger partial charge on any atom is 0.163 e. The Morgan fingerprint density at radius 3 is 2.69 bits per heavy atom. The first kappa shape index (κ1) is 22.0. The summed E-state index contributed by atoms with van der Waals surface area (Å²) < 4.78 is 10.9. The fourth-order valence-electron chi connectivity index (χ4n) is 4.18. The minimum Gasteiger partial charge on any atom is -0.497 e. The average Bonchev–Trinajstić information content (AvgIpc) is 2.84. The summed E-state index contributed by atoms with van der Waals surface area (Å²) in [4.78, 5) is 18.5. The zero-order valence-electron chi connectivity index (χ0n) is 19.3. The molecule has 1 unspecified atom stereocenters. The fraction of sp³-hybridized carbons (Fsp3) is 0.400. The van der Waals surface area contributed by atoms with Crippen LogP contribution in [-0.2, 0) is 6.54 Å². The van der Waals surface area contributed by atoms with Crippen molar-refractivity contribution in [1.29, 1.82) is 0 Å². The molecule has 1 aliphatic heterocycles. The predicted molar refractivity (Wildman–Crippen MR) is 126 cm³/mol. The van der Waals surface area contributed by atoms with Gasteiger partial charge in [-0.15, -0.1) is 0 Å². The van der Waals surface area contributed by atoms with Crippen LogP contribution in [0.2, 0.25) is 0 Å². The van der Waals surface area contributed by atoms with E-state index in [4.69, 9.17) is 19.4 Å². The zero-order valence-corrected chi connectivity index (χ0v) is 19.3. The van der Waals surface area contributed by atoms with E-state index in [1.54, 1.807) is 20.4 Å². The van der Waals surface area contributed by atoms with Gasteiger partial charge in [0.15, 0.2) is 5.82 Å².